The summed E-state index contributed by atoms with van der Waals surface area (Å²) in [6.45, 7) is 3.58. The van der Waals surface area contributed by atoms with Gasteiger partial charge in [-0.2, -0.15) is 0 Å². The summed E-state index contributed by atoms with van der Waals surface area (Å²) in [5.41, 5.74) is -0.286. The predicted molar refractivity (Wildman–Crippen MR) is 51.8 cm³/mol. The number of nitrogens with one attached hydrogen (secondary N) is 1. The Morgan fingerprint density at radius 2 is 2.14 bits per heavy atom. The second-order valence-corrected chi connectivity index (χ2v) is 3.19. The molecule has 76 valence electrons. The van der Waals surface area contributed by atoms with Crippen LogP contribution in [-0.2, 0) is 0 Å². The monoisotopic (exact) mass is 198 g/mol. The summed E-state index contributed by atoms with van der Waals surface area (Å²) in [6.07, 6.45) is 0. The number of rotatable bonds is 3. The molecule has 0 saturated carbocycles. The molecule has 0 heterocycles. The molecule has 0 fully saturated rings. The molecule has 0 saturated heterocycles. The molecule has 0 aliphatic rings. The normalized spacial score (nSPS) is 10.3. The van der Waals surface area contributed by atoms with Gasteiger partial charge in [0.05, 0.1) is 4.92 Å². The van der Waals surface area contributed by atoms with E-state index in [2.05, 4.69) is 5.32 Å². The van der Waals surface area contributed by atoms with Crippen LogP contribution >= 0.6 is 0 Å². The SMILES string of the molecule is CC(C)Nc1c(F)cccc1[N+](=O)[O-]. The molecule has 5 heteroatoms. The third-order valence-corrected chi connectivity index (χ3v) is 1.62. The predicted octanol–water partition coefficient (Wildman–Crippen LogP) is 2.55. The lowest BCUT2D eigenvalue weighted by Crippen LogP contribution is -2.12. The first-order valence-corrected chi connectivity index (χ1v) is 4.22. The zero-order valence-corrected chi connectivity index (χ0v) is 7.95. The molecule has 1 aromatic carbocycles. The maximum atomic E-state index is 13.2. The van der Waals surface area contributed by atoms with E-state index in [0.717, 1.165) is 0 Å². The van der Waals surface area contributed by atoms with E-state index < -0.39 is 10.7 Å². The second kappa shape index (κ2) is 4.04. The summed E-state index contributed by atoms with van der Waals surface area (Å²) in [5.74, 6) is -0.604. The summed E-state index contributed by atoms with van der Waals surface area (Å²) in [7, 11) is 0. The van der Waals surface area contributed by atoms with Gasteiger partial charge in [0.2, 0.25) is 0 Å². The second-order valence-electron chi connectivity index (χ2n) is 3.19. The first-order chi connectivity index (χ1) is 6.52. The maximum Gasteiger partial charge on any atom is 0.295 e. The van der Waals surface area contributed by atoms with Crippen LogP contribution in [0.25, 0.3) is 0 Å². The molecule has 0 radical (unpaired) electrons. The average Bonchev–Trinajstić information content (AvgIpc) is 2.07. The van der Waals surface area contributed by atoms with Gasteiger partial charge >= 0.3 is 0 Å². The minimum absolute atomic E-state index is 0.0486. The minimum Gasteiger partial charge on any atom is -0.375 e. The Morgan fingerprint density at radius 1 is 1.50 bits per heavy atom. The Kier molecular flexibility index (Phi) is 3.01. The highest BCUT2D eigenvalue weighted by Crippen LogP contribution is 2.27. The summed E-state index contributed by atoms with van der Waals surface area (Å²) in [5, 5.41) is 13.3. The molecule has 4 nitrogen and oxygen atoms in total. The van der Waals surface area contributed by atoms with Crippen LogP contribution in [0.1, 0.15) is 13.8 Å². The van der Waals surface area contributed by atoms with Crippen LogP contribution in [0.3, 0.4) is 0 Å². The molecule has 0 aliphatic heterocycles. The molecule has 0 aliphatic carbocycles. The largest absolute Gasteiger partial charge is 0.375 e. The van der Waals surface area contributed by atoms with E-state index in [-0.39, 0.29) is 17.4 Å². The topological polar surface area (TPSA) is 55.2 Å². The van der Waals surface area contributed by atoms with Crippen molar-refractivity contribution in [2.24, 2.45) is 0 Å². The highest BCUT2D eigenvalue weighted by atomic mass is 19.1. The van der Waals surface area contributed by atoms with Gasteiger partial charge in [0.15, 0.2) is 5.82 Å². The van der Waals surface area contributed by atoms with Gasteiger partial charge in [0.1, 0.15) is 5.69 Å². The van der Waals surface area contributed by atoms with E-state index in [9.17, 15) is 14.5 Å². The Balaban J connectivity index is 3.15. The number of nitrogens with zero attached hydrogens (tertiary/aromatic N) is 1. The van der Waals surface area contributed by atoms with Crippen molar-refractivity contribution < 1.29 is 9.31 Å². The summed E-state index contributed by atoms with van der Waals surface area (Å²) < 4.78 is 13.2. The molecule has 0 aromatic heterocycles. The minimum atomic E-state index is -0.604. The van der Waals surface area contributed by atoms with Crippen molar-refractivity contribution in [2.75, 3.05) is 5.32 Å². The molecule has 1 rings (SSSR count). The van der Waals surface area contributed by atoms with E-state index in [1.165, 1.54) is 18.2 Å². The van der Waals surface area contributed by atoms with Crippen molar-refractivity contribution in [2.45, 2.75) is 19.9 Å². The lowest BCUT2D eigenvalue weighted by Gasteiger charge is -2.10. The van der Waals surface area contributed by atoms with Crippen LogP contribution in [0, 0.1) is 15.9 Å². The van der Waals surface area contributed by atoms with Crippen molar-refractivity contribution in [1.82, 2.24) is 0 Å². The van der Waals surface area contributed by atoms with Gasteiger partial charge in [-0.25, -0.2) is 4.39 Å². The smallest absolute Gasteiger partial charge is 0.295 e. The van der Waals surface area contributed by atoms with Crippen molar-refractivity contribution in [3.05, 3.63) is 34.1 Å². The lowest BCUT2D eigenvalue weighted by molar-refractivity contribution is -0.384. The van der Waals surface area contributed by atoms with E-state index in [0.29, 0.717) is 0 Å². The first-order valence-electron chi connectivity index (χ1n) is 4.22. The quantitative estimate of drug-likeness (QED) is 0.599. The van der Waals surface area contributed by atoms with Crippen molar-refractivity contribution in [1.29, 1.82) is 0 Å². The van der Waals surface area contributed by atoms with Crippen molar-refractivity contribution >= 4 is 11.4 Å². The van der Waals surface area contributed by atoms with Crippen LogP contribution in [0.2, 0.25) is 0 Å². The van der Waals surface area contributed by atoms with E-state index in [1.54, 1.807) is 13.8 Å². The number of hydrogen-bond acceptors (Lipinski definition) is 3. The van der Waals surface area contributed by atoms with Gasteiger partial charge in [0, 0.05) is 12.1 Å². The number of halogens is 1. The van der Waals surface area contributed by atoms with Gasteiger partial charge < -0.3 is 5.32 Å². The third-order valence-electron chi connectivity index (χ3n) is 1.62. The molecule has 1 aromatic rings. The van der Waals surface area contributed by atoms with Gasteiger partial charge in [0.25, 0.3) is 5.69 Å². The van der Waals surface area contributed by atoms with E-state index in [1.807, 2.05) is 0 Å². The molecule has 0 atom stereocenters. The Labute approximate surface area is 80.9 Å². The zero-order chi connectivity index (χ0) is 10.7. The van der Waals surface area contributed by atoms with Crippen molar-refractivity contribution in [3.63, 3.8) is 0 Å². The van der Waals surface area contributed by atoms with E-state index in [4.69, 9.17) is 0 Å². The molecule has 14 heavy (non-hydrogen) atoms. The lowest BCUT2D eigenvalue weighted by atomic mass is 10.2. The Bertz CT molecular complexity index is 353. The fourth-order valence-electron chi connectivity index (χ4n) is 1.10. The molecule has 1 N–H and O–H groups in total. The Morgan fingerprint density at radius 3 is 2.64 bits per heavy atom. The number of para-hydroxylation sites is 1. The van der Waals surface area contributed by atoms with Gasteiger partial charge in [-0.3, -0.25) is 10.1 Å². The molecule has 0 bridgehead atoms. The van der Waals surface area contributed by atoms with Crippen LogP contribution < -0.4 is 5.32 Å². The fraction of sp³-hybridized carbons (Fsp3) is 0.333. The van der Waals surface area contributed by atoms with Gasteiger partial charge in [-0.15, -0.1) is 0 Å². The fourth-order valence-corrected chi connectivity index (χ4v) is 1.10. The standard InChI is InChI=1S/C9H11FN2O2/c1-6(2)11-9-7(10)4-3-5-8(9)12(13)14/h3-6,11H,1-2H3. The highest BCUT2D eigenvalue weighted by molar-refractivity contribution is 5.62. The van der Waals surface area contributed by atoms with Crippen LogP contribution in [0.4, 0.5) is 15.8 Å². The average molecular weight is 198 g/mol. The van der Waals surface area contributed by atoms with Crippen LogP contribution in [-0.4, -0.2) is 11.0 Å². The van der Waals surface area contributed by atoms with Crippen molar-refractivity contribution in [3.8, 4) is 0 Å². The molecule has 0 unspecified atom stereocenters. The molecular weight excluding hydrogens is 187 g/mol. The number of benzene rings is 1. The third kappa shape index (κ3) is 2.18. The van der Waals surface area contributed by atoms with E-state index >= 15 is 0 Å². The number of anilines is 1. The van der Waals surface area contributed by atoms with Gasteiger partial charge in [-0.1, -0.05) is 6.07 Å². The highest BCUT2D eigenvalue weighted by Gasteiger charge is 2.17. The number of hydrogen-bond donors (Lipinski definition) is 1. The van der Waals surface area contributed by atoms with Crippen LogP contribution in [0.5, 0.6) is 0 Å². The van der Waals surface area contributed by atoms with Gasteiger partial charge in [-0.05, 0) is 19.9 Å². The number of nitro benzene ring substituents is 1. The summed E-state index contributed by atoms with van der Waals surface area (Å²) in [6, 6.07) is 3.73. The molecule has 0 amide bonds. The Hall–Kier alpha value is -1.65. The molecule has 0 spiro atoms. The maximum absolute atomic E-state index is 13.2. The first kappa shape index (κ1) is 10.4. The molecular formula is C9H11FN2O2. The summed E-state index contributed by atoms with van der Waals surface area (Å²) in [4.78, 5) is 9.95. The number of nitro groups is 1. The van der Waals surface area contributed by atoms with Crippen LogP contribution in [0.15, 0.2) is 18.2 Å². The summed E-state index contributed by atoms with van der Waals surface area (Å²) >= 11 is 0. The zero-order valence-electron chi connectivity index (χ0n) is 7.95.